The van der Waals surface area contributed by atoms with Crippen molar-refractivity contribution in [3.05, 3.63) is 326 Å². The van der Waals surface area contributed by atoms with Crippen molar-refractivity contribution in [2.45, 2.75) is 155 Å². The van der Waals surface area contributed by atoms with Crippen LogP contribution in [0.15, 0.2) is 219 Å². The Balaban J connectivity index is 0.000000174. The van der Waals surface area contributed by atoms with E-state index in [4.69, 9.17) is 21.0 Å². The average molecular weight is 1610 g/mol. The number of phenolic OH excluding ortho intramolecular Hbond substituents is 1. The van der Waals surface area contributed by atoms with Gasteiger partial charge in [0.25, 0.3) is 5.91 Å². The Hall–Kier alpha value is -12.9. The number of terminal acetylenes is 1. The van der Waals surface area contributed by atoms with Crippen LogP contribution in [0.3, 0.4) is 0 Å². The number of carbonyl (C=O) groups excluding carboxylic acids is 2. The van der Waals surface area contributed by atoms with E-state index in [0.29, 0.717) is 74.4 Å². The number of carboxylic acids is 1. The fourth-order valence-corrected chi connectivity index (χ4v) is 13.3. The monoisotopic (exact) mass is 1610 g/mol. The zero-order valence-electron chi connectivity index (χ0n) is 70.2. The minimum absolute atomic E-state index is 0.0874. The summed E-state index contributed by atoms with van der Waals surface area (Å²) in [5, 5.41) is 21.4. The Labute approximate surface area is 696 Å². The summed E-state index contributed by atoms with van der Waals surface area (Å²) in [4.78, 5) is 51.5. The van der Waals surface area contributed by atoms with Crippen LogP contribution in [0, 0.1) is 117 Å². The molecule has 13 rings (SSSR count). The fraction of sp³-hybridized carbons (Fsp3) is 0.283. The molecule has 20 heteroatoms. The lowest BCUT2D eigenvalue weighted by atomic mass is 10.00. The second kappa shape index (κ2) is 43.9. The van der Waals surface area contributed by atoms with Crippen molar-refractivity contribution in [2.75, 3.05) is 19.8 Å². The van der Waals surface area contributed by atoms with Gasteiger partial charge in [-0.25, -0.2) is 37.5 Å². The van der Waals surface area contributed by atoms with E-state index in [2.05, 4.69) is 114 Å². The molecular formula is C99H107F4N9O7. The molecule has 0 aliphatic carbocycles. The van der Waals surface area contributed by atoms with Crippen LogP contribution in [-0.4, -0.2) is 85.8 Å². The van der Waals surface area contributed by atoms with Gasteiger partial charge >= 0.3 is 5.97 Å². The first-order chi connectivity index (χ1) is 57.0. The summed E-state index contributed by atoms with van der Waals surface area (Å²) in [5.41, 5.74) is 18.8. The number of hydrogen-bond acceptors (Lipinski definition) is 10. The fourth-order valence-electron chi connectivity index (χ4n) is 13.3. The Morgan fingerprint density at radius 1 is 0.429 bits per heavy atom. The molecule has 0 saturated heterocycles. The van der Waals surface area contributed by atoms with Gasteiger partial charge < -0.3 is 48.1 Å². The Bertz CT molecular complexity index is 5240. The summed E-state index contributed by atoms with van der Waals surface area (Å²) in [6, 6.07) is 58.3. The number of aliphatic carboxylic acids is 1. The van der Waals surface area contributed by atoms with E-state index in [1.165, 1.54) is 70.8 Å². The predicted octanol–water partition coefficient (Wildman–Crippen LogP) is 21.8. The second-order valence-corrected chi connectivity index (χ2v) is 30.5. The highest BCUT2D eigenvalue weighted by Crippen LogP contribution is 2.32. The molecule has 0 fully saturated rings. The van der Waals surface area contributed by atoms with E-state index in [1.54, 1.807) is 43.5 Å². The minimum Gasteiger partial charge on any atom is -0.508 e. The molecule has 0 aliphatic heterocycles. The smallest absolute Gasteiger partial charge is 0.303 e. The maximum atomic E-state index is 14.0. The Morgan fingerprint density at radius 2 is 0.739 bits per heavy atom. The zero-order chi connectivity index (χ0) is 85.8. The summed E-state index contributed by atoms with van der Waals surface area (Å²) < 4.78 is 75.2. The molecule has 119 heavy (non-hydrogen) atoms. The number of Topliss-reactive ketones (excluding diaryl/α,β-unsaturated/α-hetero) is 1. The standard InChI is InChI=1S/C26H31FN2O2.C25H29FN2O3.C19H19FN2.C18H17FN2O.C11H11NO/c1-18-7-9-22(10-8-18)26-28-16-20(3)29(26)17-23-15-24(27)11-12-25(23)31-13-5-6-19(2)14-21(4)30;1-17-6-8-20(9-7-17)25-27-15-19(3)28(25)16-21-14-22(26)10-11-23(21)31-12-4-5-18(2)13-24(29)30;1-13-4-7-16(8-5-13)19-21-11-15(3)22(19)12-17-10-18(20)9-6-14(17)2;1-12-3-5-14(6-4-12)18-20-10-13(2)21(18)11-15-9-16(19)7-8-17(15)22;1-3-8-12-11(13)10-6-4-9(2)5-7-10/h7-12,15-16,19H,5-6,13-14,17H2,1-4H3;6-11,14-15,18H,4-5,12-13,16H2,1-3H3,(H,29,30);4-11H,12H2,1-3H3;3-10,22H,11H2,1-2H3;1,4-7H,8H2,2H3,(H,12,13)/t19-;18-;;;/m11.../s1. The van der Waals surface area contributed by atoms with Crippen molar-refractivity contribution < 1.29 is 51.6 Å². The number of halogens is 4. The van der Waals surface area contributed by atoms with Crippen LogP contribution in [0.25, 0.3) is 45.6 Å². The highest BCUT2D eigenvalue weighted by Gasteiger charge is 2.20. The summed E-state index contributed by atoms with van der Waals surface area (Å²) in [5.74, 6) is 5.75. The molecule has 0 aliphatic rings. The molecule has 4 heterocycles. The first kappa shape index (κ1) is 90.0. The molecule has 2 atom stereocenters. The molecule has 16 nitrogen and oxygen atoms in total. The van der Waals surface area contributed by atoms with Gasteiger partial charge in [0.15, 0.2) is 0 Å². The number of aromatic nitrogens is 8. The largest absolute Gasteiger partial charge is 0.508 e. The van der Waals surface area contributed by atoms with Gasteiger partial charge in [-0.2, -0.15) is 0 Å². The molecule has 0 saturated carbocycles. The predicted molar refractivity (Wildman–Crippen MR) is 465 cm³/mol. The first-order valence-electron chi connectivity index (χ1n) is 39.9. The molecule has 13 aromatic rings. The van der Waals surface area contributed by atoms with Gasteiger partial charge in [-0.05, 0) is 204 Å². The maximum absolute atomic E-state index is 14.0. The normalized spacial score (nSPS) is 11.3. The van der Waals surface area contributed by atoms with E-state index in [9.17, 15) is 37.1 Å². The molecule has 4 aromatic heterocycles. The van der Waals surface area contributed by atoms with Crippen LogP contribution < -0.4 is 14.8 Å². The van der Waals surface area contributed by atoms with Crippen LogP contribution in [0.2, 0.25) is 0 Å². The van der Waals surface area contributed by atoms with Crippen molar-refractivity contribution >= 4 is 17.7 Å². The lowest BCUT2D eigenvalue weighted by Crippen LogP contribution is -2.23. The average Bonchev–Trinajstić information content (AvgIpc) is 1.70. The highest BCUT2D eigenvalue weighted by molar-refractivity contribution is 5.94. The van der Waals surface area contributed by atoms with Gasteiger partial charge in [-0.15, -0.1) is 6.42 Å². The van der Waals surface area contributed by atoms with Crippen LogP contribution in [0.4, 0.5) is 17.6 Å². The molecule has 0 radical (unpaired) electrons. The van der Waals surface area contributed by atoms with E-state index in [0.717, 1.165) is 122 Å². The third-order valence-electron chi connectivity index (χ3n) is 20.2. The topological polar surface area (TPSA) is 193 Å². The minimum atomic E-state index is -0.783. The van der Waals surface area contributed by atoms with Crippen LogP contribution in [-0.2, 0) is 35.8 Å². The molecule has 0 bridgehead atoms. The number of ketones is 1. The number of phenols is 1. The number of ether oxygens (including phenoxy) is 2. The number of carbonyl (C=O) groups is 3. The van der Waals surface area contributed by atoms with Crippen molar-refractivity contribution in [1.82, 2.24) is 43.5 Å². The quantitative estimate of drug-likeness (QED) is 0.0240. The van der Waals surface area contributed by atoms with Gasteiger partial charge in [0.05, 0.1) is 39.4 Å². The number of amides is 1. The molecule has 0 spiro atoms. The summed E-state index contributed by atoms with van der Waals surface area (Å²) in [6.07, 6.45) is 16.4. The first-order valence-corrected chi connectivity index (χ1v) is 39.9. The van der Waals surface area contributed by atoms with Crippen LogP contribution in [0.5, 0.6) is 17.2 Å². The SMILES string of the molecule is C#CCNC(=O)c1ccc(C)cc1.CC(=O)C[C@H](C)CCCOc1ccc(F)cc1Cn1c(C)cnc1-c1ccc(C)cc1.Cc1ccc(-c2ncc(C)n2Cc2cc(F)ccc2C)cc1.Cc1ccc(-c2ncc(C)n2Cc2cc(F)ccc2O)cc1.Cc1ccc(-c2ncc(C)n2Cc2cc(F)ccc2OCCC[C@@H](C)CC(=O)O)cc1. The molecule has 0 unspecified atom stereocenters. The lowest BCUT2D eigenvalue weighted by molar-refractivity contribution is -0.138. The van der Waals surface area contributed by atoms with Crippen molar-refractivity contribution in [1.29, 1.82) is 0 Å². The number of nitrogens with zero attached hydrogens (tertiary/aromatic N) is 8. The van der Waals surface area contributed by atoms with Gasteiger partial charge in [-0.3, -0.25) is 9.59 Å². The summed E-state index contributed by atoms with van der Waals surface area (Å²) in [7, 11) is 0. The van der Waals surface area contributed by atoms with E-state index >= 15 is 0 Å². The maximum Gasteiger partial charge on any atom is 0.303 e. The van der Waals surface area contributed by atoms with Gasteiger partial charge in [0.2, 0.25) is 0 Å². The molecule has 618 valence electrons. The van der Waals surface area contributed by atoms with E-state index < -0.39 is 5.97 Å². The third-order valence-corrected chi connectivity index (χ3v) is 20.2. The summed E-state index contributed by atoms with van der Waals surface area (Å²) >= 11 is 0. The van der Waals surface area contributed by atoms with Gasteiger partial charge in [-0.1, -0.05) is 163 Å². The number of carboxylic acid groups (broad SMARTS) is 1. The Kier molecular flexibility index (Phi) is 33.2. The van der Waals surface area contributed by atoms with Crippen molar-refractivity contribution in [2.24, 2.45) is 11.8 Å². The molecular weight excluding hydrogens is 1500 g/mol. The highest BCUT2D eigenvalue weighted by atomic mass is 19.1. The molecule has 3 N–H and O–H groups in total. The number of aryl methyl sites for hydroxylation is 10. The third kappa shape index (κ3) is 27.1. The number of hydrogen-bond donors (Lipinski definition) is 3. The Morgan fingerprint density at radius 3 is 1.09 bits per heavy atom. The van der Waals surface area contributed by atoms with E-state index in [1.807, 2.05) is 152 Å². The van der Waals surface area contributed by atoms with Crippen LogP contribution in [0.1, 0.15) is 148 Å². The van der Waals surface area contributed by atoms with Gasteiger partial charge in [0.1, 0.15) is 69.6 Å². The van der Waals surface area contributed by atoms with Crippen LogP contribution >= 0.6 is 0 Å². The second-order valence-electron chi connectivity index (χ2n) is 30.5. The molecule has 9 aromatic carbocycles. The number of nitrogens with one attached hydrogen (secondary N) is 1. The number of imidazole rings is 4. The number of rotatable bonds is 28. The zero-order valence-corrected chi connectivity index (χ0v) is 70.2. The lowest BCUT2D eigenvalue weighted by Gasteiger charge is -2.16. The van der Waals surface area contributed by atoms with Crippen molar-refractivity contribution in [3.63, 3.8) is 0 Å². The number of aromatic hydroxyl groups is 1. The molecule has 1 amide bonds. The van der Waals surface area contributed by atoms with Crippen molar-refractivity contribution in [3.8, 4) is 75.1 Å². The number of benzene rings is 9. The summed E-state index contributed by atoms with van der Waals surface area (Å²) in [6.45, 7) is 28.9. The van der Waals surface area contributed by atoms with E-state index in [-0.39, 0.29) is 59.6 Å². The van der Waals surface area contributed by atoms with Gasteiger partial charge in [0, 0.05) is 111 Å².